The first-order valence-corrected chi connectivity index (χ1v) is 7.56. The highest BCUT2D eigenvalue weighted by atomic mass is 32.2. The molecule has 106 valence electrons. The Labute approximate surface area is 113 Å². The molecular formula is C12H19N3O3S. The van der Waals surface area contributed by atoms with E-state index in [1.807, 2.05) is 38.3 Å². The monoisotopic (exact) mass is 285 g/mol. The SMILES string of the molecule is Cc1cc(C)c(N(CC(=O)NN)S(C)(=O)=O)c(C)c1. The van der Waals surface area contributed by atoms with E-state index in [0.29, 0.717) is 5.69 Å². The van der Waals surface area contributed by atoms with Crippen LogP contribution in [0.3, 0.4) is 0 Å². The summed E-state index contributed by atoms with van der Waals surface area (Å²) in [6, 6.07) is 3.75. The summed E-state index contributed by atoms with van der Waals surface area (Å²) in [6.45, 7) is 5.23. The lowest BCUT2D eigenvalue weighted by Gasteiger charge is -2.25. The average Bonchev–Trinajstić information content (AvgIpc) is 2.24. The van der Waals surface area contributed by atoms with Gasteiger partial charge < -0.3 is 0 Å². The lowest BCUT2D eigenvalue weighted by Crippen LogP contribution is -2.43. The highest BCUT2D eigenvalue weighted by Crippen LogP contribution is 2.27. The van der Waals surface area contributed by atoms with Gasteiger partial charge in [-0.2, -0.15) is 0 Å². The summed E-state index contributed by atoms with van der Waals surface area (Å²) < 4.78 is 24.8. The van der Waals surface area contributed by atoms with Gasteiger partial charge in [-0.1, -0.05) is 17.7 Å². The fourth-order valence-electron chi connectivity index (χ4n) is 2.10. The second kappa shape index (κ2) is 5.58. The Balaban J connectivity index is 3.38. The maximum absolute atomic E-state index is 11.9. The fraction of sp³-hybridized carbons (Fsp3) is 0.417. The standard InChI is InChI=1S/C12H19N3O3S/c1-8-5-9(2)12(10(3)6-8)15(19(4,17)18)7-11(16)14-13/h5-6H,7,13H2,1-4H3,(H,14,16). The van der Waals surface area contributed by atoms with Gasteiger partial charge in [0, 0.05) is 0 Å². The van der Waals surface area contributed by atoms with Crippen molar-refractivity contribution in [2.45, 2.75) is 20.8 Å². The van der Waals surface area contributed by atoms with E-state index in [0.717, 1.165) is 27.3 Å². The van der Waals surface area contributed by atoms with E-state index in [-0.39, 0.29) is 6.54 Å². The molecule has 0 fully saturated rings. The van der Waals surface area contributed by atoms with Crippen LogP contribution in [-0.2, 0) is 14.8 Å². The first-order valence-electron chi connectivity index (χ1n) is 5.72. The van der Waals surface area contributed by atoms with Crippen molar-refractivity contribution in [3.63, 3.8) is 0 Å². The van der Waals surface area contributed by atoms with Gasteiger partial charge in [0.25, 0.3) is 5.91 Å². The molecule has 19 heavy (non-hydrogen) atoms. The van der Waals surface area contributed by atoms with Crippen LogP contribution in [0.15, 0.2) is 12.1 Å². The van der Waals surface area contributed by atoms with Crippen LogP contribution in [0.2, 0.25) is 0 Å². The molecule has 0 aliphatic heterocycles. The first-order chi connectivity index (χ1) is 8.66. The number of amides is 1. The predicted molar refractivity (Wildman–Crippen MR) is 75.2 cm³/mol. The van der Waals surface area contributed by atoms with Crippen LogP contribution in [-0.4, -0.2) is 27.1 Å². The average molecular weight is 285 g/mol. The summed E-state index contributed by atoms with van der Waals surface area (Å²) in [5.41, 5.74) is 5.10. The summed E-state index contributed by atoms with van der Waals surface area (Å²) in [4.78, 5) is 11.4. The zero-order valence-corrected chi connectivity index (χ0v) is 12.3. The van der Waals surface area contributed by atoms with Gasteiger partial charge in [0.15, 0.2) is 0 Å². The van der Waals surface area contributed by atoms with E-state index < -0.39 is 15.9 Å². The van der Waals surface area contributed by atoms with E-state index in [9.17, 15) is 13.2 Å². The number of nitrogens with zero attached hydrogens (tertiary/aromatic N) is 1. The van der Waals surface area contributed by atoms with Gasteiger partial charge in [0.2, 0.25) is 10.0 Å². The summed E-state index contributed by atoms with van der Waals surface area (Å²) in [6.07, 6.45) is 1.07. The molecule has 1 rings (SSSR count). The zero-order valence-electron chi connectivity index (χ0n) is 11.5. The number of benzene rings is 1. The van der Waals surface area contributed by atoms with Gasteiger partial charge in [-0.3, -0.25) is 14.5 Å². The highest BCUT2D eigenvalue weighted by Gasteiger charge is 2.23. The fourth-order valence-corrected chi connectivity index (χ4v) is 3.08. The molecule has 6 nitrogen and oxygen atoms in total. The van der Waals surface area contributed by atoms with E-state index in [2.05, 4.69) is 0 Å². The molecule has 0 unspecified atom stereocenters. The number of aryl methyl sites for hydroxylation is 3. The van der Waals surface area contributed by atoms with Crippen molar-refractivity contribution in [2.24, 2.45) is 5.84 Å². The third-order valence-corrected chi connectivity index (χ3v) is 3.85. The molecule has 0 radical (unpaired) electrons. The van der Waals surface area contributed by atoms with Crippen molar-refractivity contribution in [1.29, 1.82) is 0 Å². The molecule has 0 atom stereocenters. The van der Waals surface area contributed by atoms with E-state index in [4.69, 9.17) is 5.84 Å². The molecule has 0 saturated carbocycles. The Morgan fingerprint density at radius 1 is 1.26 bits per heavy atom. The summed E-state index contributed by atoms with van der Waals surface area (Å²) >= 11 is 0. The molecule has 0 bridgehead atoms. The molecule has 3 N–H and O–H groups in total. The molecule has 1 aromatic carbocycles. The zero-order chi connectivity index (χ0) is 14.8. The summed E-state index contributed by atoms with van der Waals surface area (Å²) in [5.74, 6) is 4.46. The molecule has 0 aromatic heterocycles. The number of nitrogens with two attached hydrogens (primary N) is 1. The number of hydrogen-bond donors (Lipinski definition) is 2. The van der Waals surface area contributed by atoms with Crippen molar-refractivity contribution < 1.29 is 13.2 Å². The highest BCUT2D eigenvalue weighted by molar-refractivity contribution is 7.92. The number of carbonyl (C=O) groups excluding carboxylic acids is 1. The molecule has 0 saturated heterocycles. The number of hydrogen-bond acceptors (Lipinski definition) is 4. The molecule has 7 heteroatoms. The Kier molecular flexibility index (Phi) is 4.54. The topological polar surface area (TPSA) is 92.5 Å². The maximum Gasteiger partial charge on any atom is 0.254 e. The third-order valence-electron chi connectivity index (χ3n) is 2.73. The third kappa shape index (κ3) is 3.68. The van der Waals surface area contributed by atoms with E-state index >= 15 is 0 Å². The summed E-state index contributed by atoms with van der Waals surface area (Å²) in [5, 5.41) is 0. The second-order valence-corrected chi connectivity index (χ2v) is 6.49. The normalized spacial score (nSPS) is 11.2. The minimum Gasteiger partial charge on any atom is -0.293 e. The van der Waals surface area contributed by atoms with Crippen molar-refractivity contribution in [2.75, 3.05) is 17.1 Å². The Morgan fingerprint density at radius 2 is 1.74 bits per heavy atom. The van der Waals surface area contributed by atoms with Gasteiger partial charge >= 0.3 is 0 Å². The van der Waals surface area contributed by atoms with Crippen LogP contribution in [0.1, 0.15) is 16.7 Å². The van der Waals surface area contributed by atoms with Crippen molar-refractivity contribution in [3.05, 3.63) is 28.8 Å². The number of rotatable bonds is 4. The number of hydrazine groups is 1. The Hall–Kier alpha value is -1.60. The van der Waals surface area contributed by atoms with Gasteiger partial charge in [0.05, 0.1) is 11.9 Å². The van der Waals surface area contributed by atoms with Crippen molar-refractivity contribution in [3.8, 4) is 0 Å². The van der Waals surface area contributed by atoms with Crippen molar-refractivity contribution >= 4 is 21.6 Å². The number of nitrogens with one attached hydrogen (secondary N) is 1. The van der Waals surface area contributed by atoms with E-state index in [1.165, 1.54) is 0 Å². The molecular weight excluding hydrogens is 266 g/mol. The lowest BCUT2D eigenvalue weighted by atomic mass is 10.1. The van der Waals surface area contributed by atoms with Crippen LogP contribution in [0.4, 0.5) is 5.69 Å². The van der Waals surface area contributed by atoms with Crippen LogP contribution in [0.25, 0.3) is 0 Å². The van der Waals surface area contributed by atoms with Gasteiger partial charge in [0.1, 0.15) is 6.54 Å². The molecule has 1 amide bonds. The smallest absolute Gasteiger partial charge is 0.254 e. The minimum atomic E-state index is -3.56. The number of carbonyl (C=O) groups is 1. The van der Waals surface area contributed by atoms with Crippen LogP contribution >= 0.6 is 0 Å². The quantitative estimate of drug-likeness (QED) is 0.475. The van der Waals surface area contributed by atoms with Crippen molar-refractivity contribution in [1.82, 2.24) is 5.43 Å². The second-order valence-electron chi connectivity index (χ2n) is 4.58. The summed E-state index contributed by atoms with van der Waals surface area (Å²) in [7, 11) is -3.56. The molecule has 0 heterocycles. The van der Waals surface area contributed by atoms with Crippen LogP contribution in [0, 0.1) is 20.8 Å². The van der Waals surface area contributed by atoms with E-state index in [1.54, 1.807) is 0 Å². The number of sulfonamides is 1. The van der Waals surface area contributed by atoms with Gasteiger partial charge in [-0.25, -0.2) is 14.3 Å². The lowest BCUT2D eigenvalue weighted by molar-refractivity contribution is -0.119. The Morgan fingerprint density at radius 3 is 2.11 bits per heavy atom. The Bertz CT molecular complexity index is 573. The predicted octanol–water partition coefficient (Wildman–Crippen LogP) is 0.368. The molecule has 0 aliphatic rings. The molecule has 0 spiro atoms. The van der Waals surface area contributed by atoms with Gasteiger partial charge in [-0.05, 0) is 31.9 Å². The van der Waals surface area contributed by atoms with Gasteiger partial charge in [-0.15, -0.1) is 0 Å². The maximum atomic E-state index is 11.9. The molecule has 0 aliphatic carbocycles. The first kappa shape index (κ1) is 15.5. The number of anilines is 1. The van der Waals surface area contributed by atoms with Crippen LogP contribution in [0.5, 0.6) is 0 Å². The molecule has 1 aromatic rings. The largest absolute Gasteiger partial charge is 0.293 e. The minimum absolute atomic E-state index is 0.333. The van der Waals surface area contributed by atoms with Crippen LogP contribution < -0.4 is 15.6 Å².